The number of hydrogen-bond donors (Lipinski definition) is 2. The number of methoxy groups -OCH3 is 1. The van der Waals surface area contributed by atoms with Gasteiger partial charge in [-0.25, -0.2) is 9.98 Å². The molecule has 0 unspecified atom stereocenters. The average Bonchev–Trinajstić information content (AvgIpc) is 3.13. The van der Waals surface area contributed by atoms with Gasteiger partial charge in [-0.1, -0.05) is 6.07 Å². The van der Waals surface area contributed by atoms with Crippen molar-refractivity contribution in [1.29, 1.82) is 0 Å². The van der Waals surface area contributed by atoms with Gasteiger partial charge in [0.15, 0.2) is 23.2 Å². The highest BCUT2D eigenvalue weighted by Crippen LogP contribution is 2.30. The molecule has 1 aromatic carbocycles. The van der Waals surface area contributed by atoms with Crippen LogP contribution in [-0.2, 0) is 19.3 Å². The summed E-state index contributed by atoms with van der Waals surface area (Å²) in [6, 6.07) is 4.51. The van der Waals surface area contributed by atoms with Crippen molar-refractivity contribution in [3.63, 3.8) is 0 Å². The molecule has 30 heavy (non-hydrogen) atoms. The largest absolute Gasteiger partial charge is 0.493 e. The Hall–Kier alpha value is -1.90. The zero-order valence-electron chi connectivity index (χ0n) is 15.9. The summed E-state index contributed by atoms with van der Waals surface area (Å²) in [5.41, 5.74) is -0.363. The van der Waals surface area contributed by atoms with E-state index in [2.05, 4.69) is 25.3 Å². The Bertz CT molecular complexity index is 833. The van der Waals surface area contributed by atoms with Crippen LogP contribution in [0.5, 0.6) is 11.5 Å². The first-order valence-corrected chi connectivity index (χ1v) is 9.26. The SMILES string of the molecule is CCNC(=NCc1ccc(OC)c(OC(F)F)c1)NCc1nc(C(F)(F)F)cs1.I. The van der Waals surface area contributed by atoms with Crippen molar-refractivity contribution in [1.82, 2.24) is 15.6 Å². The Balaban J connectivity index is 0.00000450. The fourth-order valence-electron chi connectivity index (χ4n) is 2.20. The average molecular weight is 566 g/mol. The minimum atomic E-state index is -4.49. The molecule has 1 heterocycles. The number of halogens is 6. The van der Waals surface area contributed by atoms with Crippen molar-refractivity contribution < 1.29 is 31.4 Å². The van der Waals surface area contributed by atoms with Crippen LogP contribution in [0, 0.1) is 0 Å². The second-order valence-corrected chi connectivity index (χ2v) is 6.48. The molecular weight excluding hydrogens is 546 g/mol. The fourth-order valence-corrected chi connectivity index (χ4v) is 2.94. The first-order chi connectivity index (χ1) is 13.7. The van der Waals surface area contributed by atoms with Crippen LogP contribution in [0.3, 0.4) is 0 Å². The Labute approximate surface area is 190 Å². The van der Waals surface area contributed by atoms with Gasteiger partial charge in [-0.15, -0.1) is 35.3 Å². The summed E-state index contributed by atoms with van der Waals surface area (Å²) < 4.78 is 72.3. The van der Waals surface area contributed by atoms with E-state index in [1.807, 2.05) is 6.92 Å². The summed E-state index contributed by atoms with van der Waals surface area (Å²) in [7, 11) is 1.33. The summed E-state index contributed by atoms with van der Waals surface area (Å²) in [6.45, 7) is -0.495. The molecule has 0 fully saturated rings. The molecule has 13 heteroatoms. The van der Waals surface area contributed by atoms with Crippen molar-refractivity contribution in [2.75, 3.05) is 13.7 Å². The van der Waals surface area contributed by atoms with Crippen LogP contribution in [0.2, 0.25) is 0 Å². The van der Waals surface area contributed by atoms with Gasteiger partial charge < -0.3 is 20.1 Å². The molecule has 6 nitrogen and oxygen atoms in total. The molecule has 0 radical (unpaired) electrons. The van der Waals surface area contributed by atoms with Crippen LogP contribution in [0.4, 0.5) is 22.0 Å². The van der Waals surface area contributed by atoms with Crippen LogP contribution >= 0.6 is 35.3 Å². The number of nitrogens with zero attached hydrogens (tertiary/aromatic N) is 2. The van der Waals surface area contributed by atoms with Gasteiger partial charge >= 0.3 is 12.8 Å². The standard InChI is InChI=1S/C17H19F5N4O2S.HI/c1-3-23-16(25-8-14-26-13(9-29-14)17(20,21)22)24-7-10-4-5-11(27-2)12(6-10)28-15(18)19;/h4-6,9,15H,3,7-8H2,1-2H3,(H2,23,24,25);1H. The third kappa shape index (κ3) is 8.08. The number of hydrogen-bond acceptors (Lipinski definition) is 5. The molecule has 2 aromatic rings. The van der Waals surface area contributed by atoms with Crippen LogP contribution in [-0.4, -0.2) is 31.2 Å². The lowest BCUT2D eigenvalue weighted by Crippen LogP contribution is -2.36. The normalized spacial score (nSPS) is 11.8. The van der Waals surface area contributed by atoms with E-state index < -0.39 is 18.5 Å². The van der Waals surface area contributed by atoms with Crippen LogP contribution in [0.25, 0.3) is 0 Å². The van der Waals surface area contributed by atoms with Gasteiger partial charge in [0.05, 0.1) is 20.2 Å². The van der Waals surface area contributed by atoms with Gasteiger partial charge in [-0.3, -0.25) is 0 Å². The third-order valence-electron chi connectivity index (χ3n) is 3.46. The van der Waals surface area contributed by atoms with Crippen molar-refractivity contribution in [2.24, 2.45) is 4.99 Å². The molecule has 0 aliphatic rings. The number of aliphatic imine (C=N–C) groups is 1. The minimum absolute atomic E-state index is 0. The van der Waals surface area contributed by atoms with E-state index in [4.69, 9.17) is 4.74 Å². The number of guanidine groups is 1. The second kappa shape index (κ2) is 12.1. The van der Waals surface area contributed by atoms with E-state index in [1.165, 1.54) is 19.2 Å². The maximum atomic E-state index is 12.6. The lowest BCUT2D eigenvalue weighted by Gasteiger charge is -2.12. The molecule has 0 saturated heterocycles. The van der Waals surface area contributed by atoms with E-state index in [0.717, 1.165) is 16.7 Å². The number of alkyl halides is 5. The molecule has 0 aliphatic heterocycles. The van der Waals surface area contributed by atoms with Crippen LogP contribution in [0.15, 0.2) is 28.6 Å². The Kier molecular flexibility index (Phi) is 10.5. The first kappa shape index (κ1) is 26.1. The van der Waals surface area contributed by atoms with E-state index >= 15 is 0 Å². The Morgan fingerprint density at radius 3 is 2.53 bits per heavy atom. The topological polar surface area (TPSA) is 67.8 Å². The third-order valence-corrected chi connectivity index (χ3v) is 4.31. The predicted octanol–water partition coefficient (Wildman–Crippen LogP) is 4.65. The maximum Gasteiger partial charge on any atom is 0.434 e. The number of nitrogens with one attached hydrogen (secondary N) is 2. The highest BCUT2D eigenvalue weighted by molar-refractivity contribution is 14.0. The summed E-state index contributed by atoms with van der Waals surface area (Å²) in [5.74, 6) is 0.381. The number of benzene rings is 1. The fraction of sp³-hybridized carbons (Fsp3) is 0.412. The number of aromatic nitrogens is 1. The molecule has 2 N–H and O–H groups in total. The van der Waals surface area contributed by atoms with Crippen molar-refractivity contribution in [3.8, 4) is 11.5 Å². The van der Waals surface area contributed by atoms with Gasteiger partial charge in [-0.2, -0.15) is 22.0 Å². The van der Waals surface area contributed by atoms with Gasteiger partial charge in [0.2, 0.25) is 0 Å². The monoisotopic (exact) mass is 566 g/mol. The van der Waals surface area contributed by atoms with Crippen molar-refractivity contribution >= 4 is 41.3 Å². The zero-order chi connectivity index (χ0) is 21.4. The highest BCUT2D eigenvalue weighted by atomic mass is 127. The van der Waals surface area contributed by atoms with Crippen molar-refractivity contribution in [3.05, 3.63) is 39.8 Å². The van der Waals surface area contributed by atoms with Gasteiger partial charge in [-0.05, 0) is 24.6 Å². The van der Waals surface area contributed by atoms with Crippen LogP contribution in [0.1, 0.15) is 23.2 Å². The van der Waals surface area contributed by atoms with E-state index in [0.29, 0.717) is 18.1 Å². The number of ether oxygens (including phenoxy) is 2. The molecule has 0 amide bonds. The summed E-state index contributed by atoms with van der Waals surface area (Å²) in [6.07, 6.45) is -4.49. The zero-order valence-corrected chi connectivity index (χ0v) is 19.1. The number of thiazole rings is 1. The Morgan fingerprint density at radius 1 is 1.23 bits per heavy atom. The van der Waals surface area contributed by atoms with Gasteiger partial charge in [0.25, 0.3) is 0 Å². The van der Waals surface area contributed by atoms with Gasteiger partial charge in [0.1, 0.15) is 5.01 Å². The van der Waals surface area contributed by atoms with Gasteiger partial charge in [0, 0.05) is 11.9 Å². The smallest absolute Gasteiger partial charge is 0.434 e. The molecule has 0 spiro atoms. The highest BCUT2D eigenvalue weighted by Gasteiger charge is 2.33. The van der Waals surface area contributed by atoms with E-state index in [-0.39, 0.29) is 53.6 Å². The Morgan fingerprint density at radius 2 is 1.97 bits per heavy atom. The summed E-state index contributed by atoms with van der Waals surface area (Å²) in [5, 5.41) is 7.03. The first-order valence-electron chi connectivity index (χ1n) is 8.38. The summed E-state index contributed by atoms with van der Waals surface area (Å²) in [4.78, 5) is 7.83. The molecule has 0 bridgehead atoms. The molecular formula is C17H20F5IN4O2S. The lowest BCUT2D eigenvalue weighted by molar-refractivity contribution is -0.140. The predicted molar refractivity (Wildman–Crippen MR) is 114 cm³/mol. The minimum Gasteiger partial charge on any atom is -0.493 e. The second-order valence-electron chi connectivity index (χ2n) is 5.54. The molecule has 168 valence electrons. The lowest BCUT2D eigenvalue weighted by atomic mass is 10.2. The quantitative estimate of drug-likeness (QED) is 0.211. The summed E-state index contributed by atoms with van der Waals surface area (Å²) >= 11 is 0.885. The van der Waals surface area contributed by atoms with E-state index in [1.54, 1.807) is 6.07 Å². The molecule has 0 aliphatic carbocycles. The molecule has 0 saturated carbocycles. The maximum absolute atomic E-state index is 12.6. The van der Waals surface area contributed by atoms with Crippen LogP contribution < -0.4 is 20.1 Å². The number of rotatable bonds is 8. The molecule has 0 atom stereocenters. The molecule has 2 rings (SSSR count). The van der Waals surface area contributed by atoms with Crippen molar-refractivity contribution in [2.45, 2.75) is 32.8 Å². The van der Waals surface area contributed by atoms with E-state index in [9.17, 15) is 22.0 Å². The molecule has 1 aromatic heterocycles.